The van der Waals surface area contributed by atoms with Crippen LogP contribution < -0.4 is 0 Å². The molecule has 1 aromatic rings. The average molecular weight is 523 g/mol. The molecular formula is C31H48F2O2S. The van der Waals surface area contributed by atoms with Crippen molar-refractivity contribution in [3.05, 3.63) is 29.3 Å². The topological polar surface area (TPSA) is 40.5 Å². The largest absolute Gasteiger partial charge is 0.508 e. The molecule has 2 N–H and O–H groups in total. The third-order valence-corrected chi connectivity index (χ3v) is 11.1. The van der Waals surface area contributed by atoms with E-state index >= 15 is 0 Å². The minimum absolute atomic E-state index is 0.0478. The van der Waals surface area contributed by atoms with E-state index in [1.54, 1.807) is 0 Å². The summed E-state index contributed by atoms with van der Waals surface area (Å²) in [7, 11) is 0. The maximum atomic E-state index is 12.1. The van der Waals surface area contributed by atoms with Crippen LogP contribution in [0.1, 0.15) is 114 Å². The van der Waals surface area contributed by atoms with Crippen LogP contribution in [-0.2, 0) is 6.42 Å². The third-order valence-electron chi connectivity index (χ3n) is 9.91. The van der Waals surface area contributed by atoms with E-state index in [1.165, 1.54) is 75.3 Å². The molecule has 0 aliphatic heterocycles. The molecule has 36 heavy (non-hydrogen) atoms. The molecule has 2 saturated carbocycles. The van der Waals surface area contributed by atoms with Gasteiger partial charge in [-0.25, -0.2) is 8.78 Å². The Morgan fingerprint density at radius 3 is 2.47 bits per heavy atom. The van der Waals surface area contributed by atoms with Gasteiger partial charge < -0.3 is 10.2 Å². The van der Waals surface area contributed by atoms with Crippen molar-refractivity contribution in [2.24, 2.45) is 23.2 Å². The van der Waals surface area contributed by atoms with Gasteiger partial charge in [0.1, 0.15) is 5.75 Å². The number of rotatable bonds is 14. The number of phenols is 1. The van der Waals surface area contributed by atoms with Crippen LogP contribution in [0.25, 0.3) is 0 Å². The molecule has 0 spiro atoms. The Kier molecular flexibility index (Phi) is 10.4. The fourth-order valence-corrected chi connectivity index (χ4v) is 8.95. The maximum Gasteiger partial charge on any atom is 0.238 e. The van der Waals surface area contributed by atoms with E-state index in [0.717, 1.165) is 30.8 Å². The first-order valence-corrected chi connectivity index (χ1v) is 15.9. The van der Waals surface area contributed by atoms with Gasteiger partial charge in [0.05, 0.1) is 6.10 Å². The highest BCUT2D eigenvalue weighted by molar-refractivity contribution is 7.99. The van der Waals surface area contributed by atoms with Crippen molar-refractivity contribution in [2.75, 3.05) is 11.5 Å². The molecule has 1 aromatic carbocycles. The number of hydrogen-bond acceptors (Lipinski definition) is 3. The molecule has 0 heterocycles. The molecule has 5 heteroatoms. The van der Waals surface area contributed by atoms with Crippen molar-refractivity contribution < 1.29 is 19.0 Å². The normalized spacial score (nSPS) is 31.3. The third kappa shape index (κ3) is 6.79. The van der Waals surface area contributed by atoms with Crippen molar-refractivity contribution >= 4 is 11.8 Å². The van der Waals surface area contributed by atoms with Crippen LogP contribution in [0.2, 0.25) is 0 Å². The van der Waals surface area contributed by atoms with Gasteiger partial charge in [0.2, 0.25) is 6.43 Å². The molecule has 4 rings (SSSR count). The van der Waals surface area contributed by atoms with Crippen molar-refractivity contribution in [3.63, 3.8) is 0 Å². The number of aliphatic hydroxyl groups excluding tert-OH is 1. The Morgan fingerprint density at radius 1 is 0.972 bits per heavy atom. The fourth-order valence-electron chi connectivity index (χ4n) is 7.97. The summed E-state index contributed by atoms with van der Waals surface area (Å²) in [6.45, 7) is 2.36. The maximum absolute atomic E-state index is 12.1. The van der Waals surface area contributed by atoms with Crippen LogP contribution in [0.3, 0.4) is 0 Å². The van der Waals surface area contributed by atoms with Gasteiger partial charge in [0.25, 0.3) is 0 Å². The standard InChI is InChI=1S/C31H48F2O2S/c1-31-17-16-26-25-13-12-24(34)21-23(25)20-22(30(26)27(31)14-15-28(31)35)10-7-5-3-2-4-6-8-18-36-19-9-11-29(32)33/h12-13,21-22,26-30,34-35H,2-11,14-20H2,1H3/t22-,26?,27?,28+,30?,31+/m1/s1. The van der Waals surface area contributed by atoms with Gasteiger partial charge in [0.15, 0.2) is 0 Å². The smallest absolute Gasteiger partial charge is 0.238 e. The molecule has 2 fully saturated rings. The summed E-state index contributed by atoms with van der Waals surface area (Å²) in [6, 6.07) is 6.08. The van der Waals surface area contributed by atoms with E-state index in [9.17, 15) is 19.0 Å². The Morgan fingerprint density at radius 2 is 1.69 bits per heavy atom. The van der Waals surface area contributed by atoms with Gasteiger partial charge in [0, 0.05) is 6.42 Å². The zero-order valence-corrected chi connectivity index (χ0v) is 23.1. The van der Waals surface area contributed by atoms with Crippen LogP contribution in [-0.4, -0.2) is 34.2 Å². The van der Waals surface area contributed by atoms with E-state index in [2.05, 4.69) is 13.0 Å². The number of hydrogen-bond donors (Lipinski definition) is 2. The molecule has 2 nitrogen and oxygen atoms in total. The number of thioether (sulfide) groups is 1. The van der Waals surface area contributed by atoms with E-state index in [1.807, 2.05) is 23.9 Å². The lowest BCUT2D eigenvalue weighted by Crippen LogP contribution is -2.47. The summed E-state index contributed by atoms with van der Waals surface area (Å²) in [5.41, 5.74) is 2.94. The molecular weight excluding hydrogens is 474 g/mol. The predicted octanol–water partition coefficient (Wildman–Crippen LogP) is 8.73. The fraction of sp³-hybridized carbons (Fsp3) is 0.806. The number of aliphatic hydroxyl groups is 1. The van der Waals surface area contributed by atoms with Crippen LogP contribution in [0.15, 0.2) is 18.2 Å². The zero-order chi connectivity index (χ0) is 25.5. The summed E-state index contributed by atoms with van der Waals surface area (Å²) in [5, 5.41) is 21.0. The summed E-state index contributed by atoms with van der Waals surface area (Å²) in [6.07, 6.45) is 14.2. The van der Waals surface area contributed by atoms with E-state index < -0.39 is 6.43 Å². The average Bonchev–Trinajstić information content (AvgIpc) is 3.15. The van der Waals surface area contributed by atoms with Crippen LogP contribution in [0.5, 0.6) is 5.75 Å². The van der Waals surface area contributed by atoms with Gasteiger partial charge in [-0.3, -0.25) is 0 Å². The van der Waals surface area contributed by atoms with Gasteiger partial charge in [-0.1, -0.05) is 51.5 Å². The number of fused-ring (bicyclic) bond motifs is 5. The molecule has 3 unspecified atom stereocenters. The molecule has 3 aliphatic rings. The molecule has 6 atom stereocenters. The van der Waals surface area contributed by atoms with Crippen molar-refractivity contribution in [2.45, 2.75) is 122 Å². The number of halogens is 2. The second-order valence-corrected chi connectivity index (χ2v) is 13.4. The first-order valence-electron chi connectivity index (χ1n) is 14.8. The lowest BCUT2D eigenvalue weighted by Gasteiger charge is -2.53. The Labute approximate surface area is 222 Å². The van der Waals surface area contributed by atoms with Gasteiger partial charge in [-0.2, -0.15) is 11.8 Å². The van der Waals surface area contributed by atoms with E-state index in [4.69, 9.17) is 0 Å². The minimum atomic E-state index is -2.15. The molecule has 3 aliphatic carbocycles. The van der Waals surface area contributed by atoms with E-state index in [0.29, 0.717) is 35.8 Å². The first kappa shape index (κ1) is 28.2. The summed E-state index contributed by atoms with van der Waals surface area (Å²) in [5.74, 6) is 4.95. The van der Waals surface area contributed by atoms with Gasteiger partial charge >= 0.3 is 0 Å². The molecule has 0 amide bonds. The molecule has 0 bridgehead atoms. The highest BCUT2D eigenvalue weighted by Gasteiger charge is 2.56. The molecule has 0 saturated heterocycles. The predicted molar refractivity (Wildman–Crippen MR) is 147 cm³/mol. The zero-order valence-electron chi connectivity index (χ0n) is 22.3. The quantitative estimate of drug-likeness (QED) is 0.240. The van der Waals surface area contributed by atoms with Crippen molar-refractivity contribution in [1.29, 1.82) is 0 Å². The SMILES string of the molecule is C[C@]12CCC3c4ccc(O)cc4C[C@@H](CCCCCCCCCSCCCC(F)F)C3C1CC[C@@H]2O. The Bertz CT molecular complexity index is 818. The number of alkyl halides is 2. The summed E-state index contributed by atoms with van der Waals surface area (Å²) in [4.78, 5) is 0. The van der Waals surface area contributed by atoms with Gasteiger partial charge in [-0.15, -0.1) is 0 Å². The number of unbranched alkanes of at least 4 members (excludes halogenated alkanes) is 6. The summed E-state index contributed by atoms with van der Waals surface area (Å²) >= 11 is 1.83. The summed E-state index contributed by atoms with van der Waals surface area (Å²) < 4.78 is 24.3. The van der Waals surface area contributed by atoms with E-state index in [-0.39, 0.29) is 17.9 Å². The van der Waals surface area contributed by atoms with Crippen LogP contribution in [0.4, 0.5) is 8.78 Å². The second kappa shape index (κ2) is 13.3. The number of phenolic OH excluding ortho intramolecular Hbond substituents is 1. The molecule has 204 valence electrons. The number of aromatic hydroxyl groups is 1. The van der Waals surface area contributed by atoms with Crippen LogP contribution in [0, 0.1) is 23.2 Å². The lowest BCUT2D eigenvalue weighted by atomic mass is 9.52. The lowest BCUT2D eigenvalue weighted by molar-refractivity contribution is -0.0396. The highest BCUT2D eigenvalue weighted by Crippen LogP contribution is 2.62. The highest BCUT2D eigenvalue weighted by atomic mass is 32.2. The monoisotopic (exact) mass is 522 g/mol. The second-order valence-electron chi connectivity index (χ2n) is 12.2. The Balaban J connectivity index is 1.20. The molecule has 0 radical (unpaired) electrons. The van der Waals surface area contributed by atoms with Crippen molar-refractivity contribution in [3.8, 4) is 5.75 Å². The minimum Gasteiger partial charge on any atom is -0.508 e. The van der Waals surface area contributed by atoms with Crippen molar-refractivity contribution in [1.82, 2.24) is 0 Å². The number of benzene rings is 1. The van der Waals surface area contributed by atoms with Gasteiger partial charge in [-0.05, 0) is 115 Å². The molecule has 0 aromatic heterocycles. The van der Waals surface area contributed by atoms with Crippen LogP contribution >= 0.6 is 11.8 Å². The Hall–Kier alpha value is -0.810. The first-order chi connectivity index (χ1) is 17.4.